The smallest absolute Gasteiger partial charge is 0.175 e. The van der Waals surface area contributed by atoms with Gasteiger partial charge in [0, 0.05) is 4.47 Å². The molecule has 0 bridgehead atoms. The van der Waals surface area contributed by atoms with Crippen LogP contribution >= 0.6 is 15.9 Å². The predicted molar refractivity (Wildman–Crippen MR) is 78.7 cm³/mol. The van der Waals surface area contributed by atoms with Gasteiger partial charge in [-0.1, -0.05) is 15.9 Å². The van der Waals surface area contributed by atoms with E-state index in [1.807, 2.05) is 24.3 Å². The molecule has 1 fully saturated rings. The molecule has 20 heavy (non-hydrogen) atoms. The Hall–Kier alpha value is -0.580. The molecule has 1 saturated heterocycles. The molecule has 0 radical (unpaired) electrons. The molecule has 0 aromatic heterocycles. The summed E-state index contributed by atoms with van der Waals surface area (Å²) in [6.07, 6.45) is 4.59. The molecule has 112 valence electrons. The minimum Gasteiger partial charge on any atom is -1.00 e. The number of hydrogen-bond donors (Lipinski definition) is 1. The molecular formula is C15H21BrClNO2. The van der Waals surface area contributed by atoms with Gasteiger partial charge in [0.15, 0.2) is 5.78 Å². The summed E-state index contributed by atoms with van der Waals surface area (Å²) < 4.78 is 6.50. The fraction of sp³-hybridized carbons (Fsp3) is 0.533. The highest BCUT2D eigenvalue weighted by Crippen LogP contribution is 2.15. The summed E-state index contributed by atoms with van der Waals surface area (Å²) in [6.45, 7) is 3.60. The van der Waals surface area contributed by atoms with Gasteiger partial charge in [-0.05, 0) is 43.5 Å². The number of Topliss-reactive ketones (excluding diaryl/α,β-unsaturated/α-hetero) is 1. The van der Waals surface area contributed by atoms with Gasteiger partial charge in [-0.15, -0.1) is 0 Å². The van der Waals surface area contributed by atoms with Crippen molar-refractivity contribution in [2.45, 2.75) is 25.7 Å². The Kier molecular flexibility index (Phi) is 8.19. The molecule has 0 unspecified atom stereocenters. The van der Waals surface area contributed by atoms with E-state index in [1.165, 1.54) is 32.4 Å². The number of ether oxygens (including phenoxy) is 1. The van der Waals surface area contributed by atoms with Crippen LogP contribution in [0, 0.1) is 0 Å². The SMILES string of the molecule is O=C(CC[NH+]1CCCCC1)COc1ccc(Br)cc1.[Cl-]. The van der Waals surface area contributed by atoms with Gasteiger partial charge in [0.25, 0.3) is 0 Å². The fourth-order valence-corrected chi connectivity index (χ4v) is 2.65. The van der Waals surface area contributed by atoms with Gasteiger partial charge in [-0.2, -0.15) is 0 Å². The molecule has 1 aliphatic rings. The molecule has 1 N–H and O–H groups in total. The number of piperidine rings is 1. The van der Waals surface area contributed by atoms with Gasteiger partial charge in [0.05, 0.1) is 26.1 Å². The largest absolute Gasteiger partial charge is 1.00 e. The normalized spacial score (nSPS) is 15.4. The zero-order valence-corrected chi connectivity index (χ0v) is 13.9. The lowest BCUT2D eigenvalue weighted by atomic mass is 10.1. The monoisotopic (exact) mass is 361 g/mol. The van der Waals surface area contributed by atoms with Gasteiger partial charge in [0.2, 0.25) is 0 Å². The highest BCUT2D eigenvalue weighted by atomic mass is 79.9. The second-order valence-electron chi connectivity index (χ2n) is 5.09. The summed E-state index contributed by atoms with van der Waals surface area (Å²) in [4.78, 5) is 13.4. The van der Waals surface area contributed by atoms with Crippen molar-refractivity contribution >= 4 is 21.7 Å². The van der Waals surface area contributed by atoms with Crippen molar-refractivity contribution in [1.29, 1.82) is 0 Å². The first-order chi connectivity index (χ1) is 9.24. The Morgan fingerprint density at radius 2 is 1.80 bits per heavy atom. The Morgan fingerprint density at radius 3 is 2.45 bits per heavy atom. The number of benzene rings is 1. The van der Waals surface area contributed by atoms with Crippen LogP contribution in [0.4, 0.5) is 0 Å². The first-order valence-electron chi connectivity index (χ1n) is 6.98. The van der Waals surface area contributed by atoms with Crippen LogP contribution in [0.2, 0.25) is 0 Å². The summed E-state index contributed by atoms with van der Waals surface area (Å²) >= 11 is 3.37. The van der Waals surface area contributed by atoms with E-state index in [-0.39, 0.29) is 24.8 Å². The summed E-state index contributed by atoms with van der Waals surface area (Å²) in [7, 11) is 0. The van der Waals surface area contributed by atoms with Gasteiger partial charge < -0.3 is 22.0 Å². The van der Waals surface area contributed by atoms with E-state index in [0.29, 0.717) is 6.42 Å². The lowest BCUT2D eigenvalue weighted by molar-refractivity contribution is -0.904. The maximum Gasteiger partial charge on any atom is 0.175 e. The lowest BCUT2D eigenvalue weighted by Crippen LogP contribution is -3.12. The van der Waals surface area contributed by atoms with Gasteiger partial charge >= 0.3 is 0 Å². The van der Waals surface area contributed by atoms with Crippen molar-refractivity contribution in [3.8, 4) is 5.75 Å². The minimum absolute atomic E-state index is 0. The van der Waals surface area contributed by atoms with Gasteiger partial charge in [0.1, 0.15) is 12.4 Å². The number of quaternary nitrogens is 1. The zero-order valence-electron chi connectivity index (χ0n) is 11.5. The third-order valence-corrected chi connectivity index (χ3v) is 4.06. The molecule has 2 rings (SSSR count). The topological polar surface area (TPSA) is 30.7 Å². The standard InChI is InChI=1S/C15H20BrNO2.ClH/c16-13-4-6-15(7-5-13)19-12-14(18)8-11-17-9-2-1-3-10-17;/h4-7H,1-3,8-12H2;1H. The predicted octanol–water partition coefficient (Wildman–Crippen LogP) is -1.14. The molecule has 0 saturated carbocycles. The van der Waals surface area contributed by atoms with Crippen molar-refractivity contribution in [2.75, 3.05) is 26.2 Å². The molecule has 0 spiro atoms. The van der Waals surface area contributed by atoms with Gasteiger partial charge in [-0.3, -0.25) is 4.79 Å². The Balaban J connectivity index is 0.00000200. The number of hydrogen-bond acceptors (Lipinski definition) is 2. The summed E-state index contributed by atoms with van der Waals surface area (Å²) in [6, 6.07) is 7.57. The van der Waals surface area contributed by atoms with Crippen LogP contribution in [0.5, 0.6) is 5.75 Å². The van der Waals surface area contributed by atoms with Crippen molar-refractivity contribution in [1.82, 2.24) is 0 Å². The first-order valence-corrected chi connectivity index (χ1v) is 7.77. The van der Waals surface area contributed by atoms with Crippen molar-refractivity contribution in [3.05, 3.63) is 28.7 Å². The average molecular weight is 363 g/mol. The summed E-state index contributed by atoms with van der Waals surface area (Å²) in [5.74, 6) is 0.947. The Morgan fingerprint density at radius 1 is 1.15 bits per heavy atom. The van der Waals surface area contributed by atoms with Gasteiger partial charge in [-0.25, -0.2) is 0 Å². The molecule has 5 heteroatoms. The van der Waals surface area contributed by atoms with E-state index in [0.717, 1.165) is 16.8 Å². The summed E-state index contributed by atoms with van der Waals surface area (Å²) in [5, 5.41) is 0. The maximum atomic E-state index is 11.8. The van der Waals surface area contributed by atoms with E-state index < -0.39 is 0 Å². The highest BCUT2D eigenvalue weighted by molar-refractivity contribution is 9.10. The van der Waals surface area contributed by atoms with E-state index in [2.05, 4.69) is 15.9 Å². The molecule has 1 aromatic rings. The van der Waals surface area contributed by atoms with E-state index in [4.69, 9.17) is 4.74 Å². The molecular weight excluding hydrogens is 342 g/mol. The van der Waals surface area contributed by atoms with Crippen LogP contribution in [0.25, 0.3) is 0 Å². The number of carbonyl (C=O) groups excluding carboxylic acids is 1. The van der Waals surface area contributed by atoms with Crippen molar-refractivity contribution in [3.63, 3.8) is 0 Å². The second-order valence-corrected chi connectivity index (χ2v) is 6.01. The molecule has 3 nitrogen and oxygen atoms in total. The Labute approximate surface area is 135 Å². The highest BCUT2D eigenvalue weighted by Gasteiger charge is 2.15. The van der Waals surface area contributed by atoms with Crippen LogP contribution in [0.15, 0.2) is 28.7 Å². The molecule has 1 aliphatic heterocycles. The number of halogens is 2. The molecule has 1 aromatic carbocycles. The van der Waals surface area contributed by atoms with Crippen LogP contribution < -0.4 is 22.0 Å². The first kappa shape index (κ1) is 17.5. The van der Waals surface area contributed by atoms with Crippen molar-refractivity contribution < 1.29 is 26.8 Å². The average Bonchev–Trinajstić information content (AvgIpc) is 2.45. The third-order valence-electron chi connectivity index (χ3n) is 3.53. The molecule has 0 atom stereocenters. The number of rotatable bonds is 6. The number of ketones is 1. The third kappa shape index (κ3) is 6.25. The molecule has 0 amide bonds. The van der Waals surface area contributed by atoms with E-state index >= 15 is 0 Å². The van der Waals surface area contributed by atoms with E-state index in [9.17, 15) is 4.79 Å². The van der Waals surface area contributed by atoms with Crippen LogP contribution in [-0.2, 0) is 4.79 Å². The zero-order chi connectivity index (χ0) is 13.5. The number of carbonyl (C=O) groups is 1. The molecule has 1 heterocycles. The van der Waals surface area contributed by atoms with Crippen LogP contribution in [0.1, 0.15) is 25.7 Å². The van der Waals surface area contributed by atoms with E-state index in [1.54, 1.807) is 4.90 Å². The van der Waals surface area contributed by atoms with Crippen LogP contribution in [0.3, 0.4) is 0 Å². The van der Waals surface area contributed by atoms with Crippen molar-refractivity contribution in [2.24, 2.45) is 0 Å². The Bertz CT molecular complexity index is 405. The second kappa shape index (κ2) is 9.37. The van der Waals surface area contributed by atoms with Crippen LogP contribution in [-0.4, -0.2) is 32.0 Å². The maximum absolute atomic E-state index is 11.8. The summed E-state index contributed by atoms with van der Waals surface area (Å²) in [5.41, 5.74) is 0. The minimum atomic E-state index is 0. The lowest BCUT2D eigenvalue weighted by Gasteiger charge is -2.23. The number of likely N-dealkylation sites (tertiary alicyclic amines) is 1. The number of nitrogens with one attached hydrogen (secondary N) is 1. The quantitative estimate of drug-likeness (QED) is 0.694. The fourth-order valence-electron chi connectivity index (χ4n) is 2.38. The molecule has 0 aliphatic carbocycles.